The van der Waals surface area contributed by atoms with E-state index in [-0.39, 0.29) is 17.1 Å². The summed E-state index contributed by atoms with van der Waals surface area (Å²) in [7, 11) is 0. The lowest BCUT2D eigenvalue weighted by molar-refractivity contribution is -0.139. The van der Waals surface area contributed by atoms with Crippen molar-refractivity contribution in [3.8, 4) is 12.3 Å². The van der Waals surface area contributed by atoms with E-state index in [1.807, 2.05) is 0 Å². The van der Waals surface area contributed by atoms with Crippen molar-refractivity contribution in [1.82, 2.24) is 5.32 Å². The third-order valence-electron chi connectivity index (χ3n) is 1.93. The maximum Gasteiger partial charge on any atom is 0.325 e. The van der Waals surface area contributed by atoms with Crippen LogP contribution in [0.2, 0.25) is 5.02 Å². The number of hydrogen-bond acceptors (Lipinski definition) is 2. The van der Waals surface area contributed by atoms with E-state index in [1.165, 1.54) is 12.1 Å². The summed E-state index contributed by atoms with van der Waals surface area (Å²) in [6.45, 7) is 0.0407. The molecule has 2 N–H and O–H groups in total. The summed E-state index contributed by atoms with van der Waals surface area (Å²) in [6, 6.07) is 2.63. The lowest BCUT2D eigenvalue weighted by atomic mass is 10.1. The molecule has 0 aromatic heterocycles. The van der Waals surface area contributed by atoms with Gasteiger partial charge in [-0.15, -0.1) is 6.42 Å². The van der Waals surface area contributed by atoms with E-state index in [2.05, 4.69) is 11.2 Å². The highest BCUT2D eigenvalue weighted by Gasteiger charge is 2.22. The smallest absolute Gasteiger partial charge is 0.325 e. The first-order chi connectivity index (χ1) is 7.56. The van der Waals surface area contributed by atoms with E-state index in [9.17, 15) is 9.18 Å². The maximum absolute atomic E-state index is 13.4. The molecular weight excluding hydrogens is 233 g/mol. The highest BCUT2D eigenvalue weighted by molar-refractivity contribution is 6.30. The molecule has 1 rings (SSSR count). The minimum atomic E-state index is -1.20. The van der Waals surface area contributed by atoms with E-state index < -0.39 is 17.8 Å². The predicted octanol–water partition coefficient (Wildman–Crippen LogP) is 1.83. The molecule has 0 bridgehead atoms. The van der Waals surface area contributed by atoms with E-state index in [4.69, 9.17) is 23.1 Å². The number of carboxylic acids is 1. The van der Waals surface area contributed by atoms with Gasteiger partial charge in [-0.3, -0.25) is 10.1 Å². The van der Waals surface area contributed by atoms with Crippen molar-refractivity contribution >= 4 is 17.6 Å². The lowest BCUT2D eigenvalue weighted by Crippen LogP contribution is -2.29. The second-order valence-electron chi connectivity index (χ2n) is 3.02. The number of nitrogens with one attached hydrogen (secondary N) is 1. The molecule has 0 spiro atoms. The Morgan fingerprint density at radius 2 is 2.38 bits per heavy atom. The molecule has 0 fully saturated rings. The van der Waals surface area contributed by atoms with E-state index >= 15 is 0 Å². The summed E-state index contributed by atoms with van der Waals surface area (Å²) in [5.74, 6) is 0.357. The van der Waals surface area contributed by atoms with Crippen LogP contribution in [0.15, 0.2) is 18.2 Å². The minimum Gasteiger partial charge on any atom is -0.480 e. The Labute approximate surface area is 97.2 Å². The van der Waals surface area contributed by atoms with E-state index in [0.717, 1.165) is 6.07 Å². The van der Waals surface area contributed by atoms with Crippen LogP contribution >= 0.6 is 11.6 Å². The summed E-state index contributed by atoms with van der Waals surface area (Å²) >= 11 is 5.57. The van der Waals surface area contributed by atoms with Crippen LogP contribution in [-0.4, -0.2) is 17.6 Å². The zero-order chi connectivity index (χ0) is 12.1. The van der Waals surface area contributed by atoms with Crippen LogP contribution in [-0.2, 0) is 4.79 Å². The highest BCUT2D eigenvalue weighted by Crippen LogP contribution is 2.20. The Hall–Kier alpha value is -1.57. The average molecular weight is 242 g/mol. The summed E-state index contributed by atoms with van der Waals surface area (Å²) in [4.78, 5) is 10.9. The Kier molecular flexibility index (Phi) is 4.29. The van der Waals surface area contributed by atoms with Crippen LogP contribution in [0.25, 0.3) is 0 Å². The number of aliphatic carboxylic acids is 1. The Balaban J connectivity index is 3.02. The van der Waals surface area contributed by atoms with Crippen LogP contribution in [0.4, 0.5) is 4.39 Å². The Morgan fingerprint density at radius 1 is 1.69 bits per heavy atom. The predicted molar refractivity (Wildman–Crippen MR) is 58.6 cm³/mol. The van der Waals surface area contributed by atoms with Crippen molar-refractivity contribution in [1.29, 1.82) is 0 Å². The fourth-order valence-corrected chi connectivity index (χ4v) is 1.39. The zero-order valence-electron chi connectivity index (χ0n) is 8.21. The van der Waals surface area contributed by atoms with Crippen molar-refractivity contribution in [2.75, 3.05) is 6.54 Å². The van der Waals surface area contributed by atoms with Gasteiger partial charge in [-0.05, 0) is 12.1 Å². The monoisotopic (exact) mass is 241 g/mol. The van der Waals surface area contributed by atoms with Gasteiger partial charge in [0, 0.05) is 10.6 Å². The van der Waals surface area contributed by atoms with Gasteiger partial charge in [0.2, 0.25) is 0 Å². The first kappa shape index (κ1) is 12.5. The van der Waals surface area contributed by atoms with Gasteiger partial charge in [0.15, 0.2) is 0 Å². The average Bonchev–Trinajstić information content (AvgIpc) is 2.20. The molecule has 1 aromatic carbocycles. The normalized spacial score (nSPS) is 11.8. The van der Waals surface area contributed by atoms with Crippen molar-refractivity contribution in [3.63, 3.8) is 0 Å². The zero-order valence-corrected chi connectivity index (χ0v) is 8.96. The maximum atomic E-state index is 13.4. The van der Waals surface area contributed by atoms with Crippen molar-refractivity contribution in [2.24, 2.45) is 0 Å². The summed E-state index contributed by atoms with van der Waals surface area (Å²) < 4.78 is 13.4. The molecule has 0 aliphatic rings. The minimum absolute atomic E-state index is 0.00662. The van der Waals surface area contributed by atoms with Gasteiger partial charge in [0.1, 0.15) is 11.9 Å². The molecule has 1 atom stereocenters. The van der Waals surface area contributed by atoms with Gasteiger partial charge in [-0.25, -0.2) is 4.39 Å². The molecule has 0 aliphatic carbocycles. The highest BCUT2D eigenvalue weighted by atomic mass is 35.5. The van der Waals surface area contributed by atoms with Crippen molar-refractivity contribution < 1.29 is 14.3 Å². The van der Waals surface area contributed by atoms with Crippen LogP contribution in [0, 0.1) is 18.2 Å². The van der Waals surface area contributed by atoms with Gasteiger partial charge in [-0.2, -0.15) is 0 Å². The fraction of sp³-hybridized carbons (Fsp3) is 0.182. The Morgan fingerprint density at radius 3 is 2.88 bits per heavy atom. The SMILES string of the molecule is C#CCNC(C(=O)O)c1ccc(Cl)cc1F. The van der Waals surface area contributed by atoms with Gasteiger partial charge in [0.25, 0.3) is 0 Å². The van der Waals surface area contributed by atoms with E-state index in [0.29, 0.717) is 0 Å². The molecule has 1 unspecified atom stereocenters. The first-order valence-electron chi connectivity index (χ1n) is 4.41. The number of terminal acetylenes is 1. The number of carbonyl (C=O) groups is 1. The number of halogens is 2. The molecule has 0 radical (unpaired) electrons. The first-order valence-corrected chi connectivity index (χ1v) is 4.78. The second-order valence-corrected chi connectivity index (χ2v) is 3.46. The molecule has 0 heterocycles. The number of carboxylic acid groups (broad SMARTS) is 1. The lowest BCUT2D eigenvalue weighted by Gasteiger charge is -2.13. The molecule has 0 saturated carbocycles. The van der Waals surface area contributed by atoms with Crippen LogP contribution in [0.5, 0.6) is 0 Å². The van der Waals surface area contributed by atoms with Crippen molar-refractivity contribution in [2.45, 2.75) is 6.04 Å². The van der Waals surface area contributed by atoms with Crippen LogP contribution in [0.3, 0.4) is 0 Å². The fourth-order valence-electron chi connectivity index (χ4n) is 1.23. The third kappa shape index (κ3) is 2.96. The number of hydrogen-bond donors (Lipinski definition) is 2. The summed E-state index contributed by atoms with van der Waals surface area (Å²) in [5, 5.41) is 11.7. The number of rotatable bonds is 4. The molecule has 1 aromatic rings. The standard InChI is InChI=1S/C11H9ClFNO2/c1-2-5-14-10(11(15)16)8-4-3-7(12)6-9(8)13/h1,3-4,6,10,14H,5H2,(H,15,16). The van der Waals surface area contributed by atoms with E-state index in [1.54, 1.807) is 0 Å². The van der Waals surface area contributed by atoms with Crippen LogP contribution in [0.1, 0.15) is 11.6 Å². The van der Waals surface area contributed by atoms with Crippen LogP contribution < -0.4 is 5.32 Å². The third-order valence-corrected chi connectivity index (χ3v) is 2.16. The molecule has 16 heavy (non-hydrogen) atoms. The van der Waals surface area contributed by atoms with Gasteiger partial charge in [0.05, 0.1) is 6.54 Å². The van der Waals surface area contributed by atoms with Gasteiger partial charge < -0.3 is 5.11 Å². The van der Waals surface area contributed by atoms with Crippen molar-refractivity contribution in [3.05, 3.63) is 34.6 Å². The quantitative estimate of drug-likeness (QED) is 0.791. The van der Waals surface area contributed by atoms with Gasteiger partial charge >= 0.3 is 5.97 Å². The number of benzene rings is 1. The largest absolute Gasteiger partial charge is 0.480 e. The molecular formula is C11H9ClFNO2. The summed E-state index contributed by atoms with van der Waals surface area (Å²) in [5.41, 5.74) is 0.00662. The molecule has 3 nitrogen and oxygen atoms in total. The molecule has 5 heteroatoms. The summed E-state index contributed by atoms with van der Waals surface area (Å²) in [6.07, 6.45) is 5.00. The Bertz CT molecular complexity index is 442. The topological polar surface area (TPSA) is 49.3 Å². The molecule has 0 saturated heterocycles. The second kappa shape index (κ2) is 5.50. The molecule has 0 aliphatic heterocycles. The molecule has 84 valence electrons. The van der Waals surface area contributed by atoms with Gasteiger partial charge in [-0.1, -0.05) is 23.6 Å². The molecule has 0 amide bonds.